The third-order valence-corrected chi connectivity index (χ3v) is 6.17. The molecular formula is C25H24N4O6S. The number of primary sulfonamides is 1. The van der Waals surface area contributed by atoms with Gasteiger partial charge in [0, 0.05) is 22.8 Å². The molecule has 0 spiro atoms. The first-order chi connectivity index (χ1) is 17.0. The van der Waals surface area contributed by atoms with Crippen molar-refractivity contribution in [2.24, 2.45) is 5.14 Å². The van der Waals surface area contributed by atoms with Gasteiger partial charge in [-0.3, -0.25) is 4.79 Å². The minimum Gasteiger partial charge on any atom is -0.497 e. The smallest absolute Gasteiger partial charge is 0.349 e. The van der Waals surface area contributed by atoms with Crippen molar-refractivity contribution in [3.8, 4) is 17.5 Å². The minimum atomic E-state index is -3.86. The van der Waals surface area contributed by atoms with Crippen LogP contribution in [0.25, 0.3) is 11.8 Å². The number of hydrogen-bond donors (Lipinski definition) is 2. The fraction of sp³-hybridized carbons (Fsp3) is 0.160. The Hall–Kier alpha value is -4.40. The Morgan fingerprint density at radius 2 is 1.75 bits per heavy atom. The van der Waals surface area contributed by atoms with Crippen LogP contribution in [0.5, 0.6) is 5.75 Å². The van der Waals surface area contributed by atoms with Gasteiger partial charge in [0.2, 0.25) is 10.0 Å². The van der Waals surface area contributed by atoms with E-state index in [1.54, 1.807) is 7.11 Å². The molecule has 3 N–H and O–H groups in total. The first kappa shape index (κ1) is 26.2. The maximum atomic E-state index is 12.4. The van der Waals surface area contributed by atoms with Gasteiger partial charge in [0.25, 0.3) is 5.91 Å². The zero-order valence-electron chi connectivity index (χ0n) is 19.8. The predicted octanol–water partition coefficient (Wildman–Crippen LogP) is 2.84. The molecule has 1 aromatic heterocycles. The lowest BCUT2D eigenvalue weighted by Gasteiger charge is -2.10. The van der Waals surface area contributed by atoms with Crippen molar-refractivity contribution in [2.45, 2.75) is 18.7 Å². The van der Waals surface area contributed by atoms with Crippen molar-refractivity contribution in [3.63, 3.8) is 0 Å². The summed E-state index contributed by atoms with van der Waals surface area (Å²) in [5.41, 5.74) is 3.25. The molecule has 0 aliphatic heterocycles. The summed E-state index contributed by atoms with van der Waals surface area (Å²) >= 11 is 0. The number of nitriles is 1. The first-order valence-electron chi connectivity index (χ1n) is 10.6. The van der Waals surface area contributed by atoms with Crippen LogP contribution in [0.15, 0.2) is 65.1 Å². The highest BCUT2D eigenvalue weighted by Gasteiger charge is 2.16. The van der Waals surface area contributed by atoms with Gasteiger partial charge in [-0.05, 0) is 80.1 Å². The number of ether oxygens (including phenoxy) is 2. The van der Waals surface area contributed by atoms with Crippen LogP contribution >= 0.6 is 0 Å². The molecule has 0 radical (unpaired) electrons. The molecule has 0 atom stereocenters. The summed E-state index contributed by atoms with van der Waals surface area (Å²) in [6.07, 6.45) is 1.41. The Bertz CT molecular complexity index is 1460. The molecule has 186 valence electrons. The average molecular weight is 509 g/mol. The number of carbonyl (C=O) groups excluding carboxylic acids is 2. The van der Waals surface area contributed by atoms with Crippen LogP contribution in [-0.4, -0.2) is 38.6 Å². The van der Waals surface area contributed by atoms with E-state index in [0.717, 1.165) is 22.8 Å². The summed E-state index contributed by atoms with van der Waals surface area (Å²) in [6.45, 7) is 3.12. The summed E-state index contributed by atoms with van der Waals surface area (Å²) in [5.74, 6) is -0.895. The molecule has 0 unspecified atom stereocenters. The molecular weight excluding hydrogens is 484 g/mol. The summed E-state index contributed by atoms with van der Waals surface area (Å²) in [4.78, 5) is 24.5. The van der Waals surface area contributed by atoms with E-state index in [9.17, 15) is 23.3 Å². The first-order valence-corrected chi connectivity index (χ1v) is 12.1. The number of benzene rings is 2. The van der Waals surface area contributed by atoms with Crippen LogP contribution < -0.4 is 15.2 Å². The average Bonchev–Trinajstić information content (AvgIpc) is 3.13. The molecule has 0 saturated carbocycles. The molecule has 0 saturated heterocycles. The highest BCUT2D eigenvalue weighted by molar-refractivity contribution is 7.89. The lowest BCUT2D eigenvalue weighted by molar-refractivity contribution is -0.142. The summed E-state index contributed by atoms with van der Waals surface area (Å²) in [7, 11) is -2.27. The molecule has 1 heterocycles. The summed E-state index contributed by atoms with van der Waals surface area (Å²) in [6, 6.07) is 16.3. The van der Waals surface area contributed by atoms with Gasteiger partial charge in [-0.2, -0.15) is 5.26 Å². The summed E-state index contributed by atoms with van der Waals surface area (Å²) < 4.78 is 34.8. The number of hydrogen-bond acceptors (Lipinski definition) is 7. The van der Waals surface area contributed by atoms with Gasteiger partial charge < -0.3 is 19.4 Å². The van der Waals surface area contributed by atoms with Crippen molar-refractivity contribution >= 4 is 33.7 Å². The number of nitrogens with two attached hydrogens (primary N) is 1. The third-order valence-electron chi connectivity index (χ3n) is 5.24. The number of nitrogens with one attached hydrogen (secondary N) is 1. The topological polar surface area (TPSA) is 154 Å². The van der Waals surface area contributed by atoms with E-state index in [4.69, 9.17) is 14.6 Å². The molecule has 10 nitrogen and oxygen atoms in total. The van der Waals surface area contributed by atoms with Gasteiger partial charge in [0.05, 0.1) is 12.0 Å². The van der Waals surface area contributed by atoms with E-state index in [1.807, 2.05) is 54.8 Å². The van der Waals surface area contributed by atoms with E-state index in [1.165, 1.54) is 30.3 Å². The maximum absolute atomic E-state index is 12.4. The standard InChI is InChI=1S/C25H24N4O6S/c1-16-12-18(17(2)29(16)21-6-8-22(34-3)9-7-21)13-19(14-26)25(31)35-15-24(30)28-20-4-10-23(11-5-20)36(27,32)33/h4-13H,15H2,1-3H3,(H,28,30)(H2,27,32,33)/b19-13-. The van der Waals surface area contributed by atoms with E-state index < -0.39 is 28.5 Å². The Balaban J connectivity index is 1.69. The molecule has 1 amide bonds. The van der Waals surface area contributed by atoms with Crippen molar-refractivity contribution in [3.05, 3.63) is 77.1 Å². The Morgan fingerprint density at radius 1 is 1.11 bits per heavy atom. The van der Waals surface area contributed by atoms with Crippen LogP contribution in [-0.2, 0) is 24.3 Å². The number of anilines is 1. The largest absolute Gasteiger partial charge is 0.497 e. The van der Waals surface area contributed by atoms with Gasteiger partial charge in [-0.1, -0.05) is 0 Å². The van der Waals surface area contributed by atoms with E-state index in [-0.39, 0.29) is 16.2 Å². The number of esters is 1. The minimum absolute atomic E-state index is 0.109. The van der Waals surface area contributed by atoms with Gasteiger partial charge in [0.15, 0.2) is 6.61 Å². The molecule has 11 heteroatoms. The second kappa shape index (κ2) is 10.9. The molecule has 2 aromatic carbocycles. The van der Waals surface area contributed by atoms with E-state index in [2.05, 4.69) is 5.32 Å². The zero-order chi connectivity index (χ0) is 26.5. The van der Waals surface area contributed by atoms with Crippen molar-refractivity contribution in [2.75, 3.05) is 19.0 Å². The second-order valence-electron chi connectivity index (χ2n) is 7.72. The monoisotopic (exact) mass is 508 g/mol. The number of rotatable bonds is 8. The second-order valence-corrected chi connectivity index (χ2v) is 9.28. The van der Waals surface area contributed by atoms with Crippen LogP contribution in [0.2, 0.25) is 0 Å². The molecule has 0 aliphatic rings. The molecule has 0 aliphatic carbocycles. The maximum Gasteiger partial charge on any atom is 0.349 e. The third kappa shape index (κ3) is 6.18. The predicted molar refractivity (Wildman–Crippen MR) is 133 cm³/mol. The molecule has 36 heavy (non-hydrogen) atoms. The van der Waals surface area contributed by atoms with Crippen LogP contribution in [0.1, 0.15) is 17.0 Å². The van der Waals surface area contributed by atoms with Gasteiger partial charge >= 0.3 is 5.97 Å². The van der Waals surface area contributed by atoms with Crippen molar-refractivity contribution in [1.29, 1.82) is 5.26 Å². The lowest BCUT2D eigenvalue weighted by atomic mass is 10.1. The van der Waals surface area contributed by atoms with Gasteiger partial charge in [-0.25, -0.2) is 18.4 Å². The van der Waals surface area contributed by atoms with Crippen LogP contribution in [0.4, 0.5) is 5.69 Å². The van der Waals surface area contributed by atoms with Gasteiger partial charge in [-0.15, -0.1) is 0 Å². The normalized spacial score (nSPS) is 11.5. The molecule has 0 fully saturated rings. The fourth-order valence-electron chi connectivity index (χ4n) is 3.49. The van der Waals surface area contributed by atoms with E-state index in [0.29, 0.717) is 5.56 Å². The number of carbonyl (C=O) groups is 2. The van der Waals surface area contributed by atoms with Crippen molar-refractivity contribution < 1.29 is 27.5 Å². The Kier molecular flexibility index (Phi) is 7.93. The highest BCUT2D eigenvalue weighted by Crippen LogP contribution is 2.24. The van der Waals surface area contributed by atoms with Crippen LogP contribution in [0, 0.1) is 25.2 Å². The Labute approximate surface area is 208 Å². The SMILES string of the molecule is COc1ccc(-n2c(C)cc(/C=C(/C#N)C(=O)OCC(=O)Nc3ccc(S(N)(=O)=O)cc3)c2C)cc1. The number of amides is 1. The summed E-state index contributed by atoms with van der Waals surface area (Å²) in [5, 5.41) is 17.0. The number of methoxy groups -OCH3 is 1. The van der Waals surface area contributed by atoms with Gasteiger partial charge in [0.1, 0.15) is 17.4 Å². The number of aromatic nitrogens is 1. The highest BCUT2D eigenvalue weighted by atomic mass is 32.2. The zero-order valence-corrected chi connectivity index (χ0v) is 20.6. The quantitative estimate of drug-likeness (QED) is 0.269. The lowest BCUT2D eigenvalue weighted by Crippen LogP contribution is -2.21. The Morgan fingerprint density at radius 3 is 2.31 bits per heavy atom. The fourth-order valence-corrected chi connectivity index (χ4v) is 4.00. The molecule has 3 rings (SSSR count). The number of aryl methyl sites for hydroxylation is 1. The molecule has 3 aromatic rings. The number of nitrogens with zero attached hydrogens (tertiary/aromatic N) is 2. The number of sulfonamides is 1. The van der Waals surface area contributed by atoms with Crippen LogP contribution in [0.3, 0.4) is 0 Å². The van der Waals surface area contributed by atoms with E-state index >= 15 is 0 Å². The van der Waals surface area contributed by atoms with Crippen molar-refractivity contribution in [1.82, 2.24) is 4.57 Å². The molecule has 0 bridgehead atoms.